The number of hydrogen-bond donors (Lipinski definition) is 1. The molecule has 0 aromatic heterocycles. The number of benzene rings is 1. The summed E-state index contributed by atoms with van der Waals surface area (Å²) in [5, 5.41) is 2.46. The molecular weight excluding hydrogens is 233 g/mol. The van der Waals surface area contributed by atoms with E-state index in [0.717, 1.165) is 4.90 Å². The predicted molar refractivity (Wildman–Crippen MR) is 55.6 cm³/mol. The van der Waals surface area contributed by atoms with Crippen LogP contribution in [-0.4, -0.2) is 17.7 Å². The molecule has 1 N–H and O–H groups in total. The summed E-state index contributed by atoms with van der Waals surface area (Å²) in [6, 6.07) is 6.34. The number of amides is 1. The molecule has 90 valence electrons. The van der Waals surface area contributed by atoms with Crippen molar-refractivity contribution in [3.63, 3.8) is 0 Å². The number of carbonyl (C=O) groups excluding carboxylic acids is 1. The molecule has 1 aromatic carbocycles. The molecule has 1 atom stereocenters. The number of nitrogens with one attached hydrogen (secondary N) is 1. The highest BCUT2D eigenvalue weighted by Gasteiger charge is 2.66. The van der Waals surface area contributed by atoms with E-state index in [1.807, 2.05) is 0 Å². The van der Waals surface area contributed by atoms with Crippen molar-refractivity contribution < 1.29 is 18.0 Å². The largest absolute Gasteiger partial charge is 0.430 e. The van der Waals surface area contributed by atoms with E-state index < -0.39 is 17.7 Å². The lowest BCUT2D eigenvalue weighted by Crippen LogP contribution is -2.58. The Morgan fingerprint density at radius 3 is 2.71 bits per heavy atom. The van der Waals surface area contributed by atoms with Gasteiger partial charge in [-0.2, -0.15) is 13.2 Å². The van der Waals surface area contributed by atoms with Crippen molar-refractivity contribution in [2.45, 2.75) is 24.7 Å². The Morgan fingerprint density at radius 1 is 1.29 bits per heavy atom. The molecule has 3 rings (SSSR count). The normalized spacial score (nSPS) is 26.8. The highest BCUT2D eigenvalue weighted by Crippen LogP contribution is 2.52. The van der Waals surface area contributed by atoms with Crippen LogP contribution in [0.3, 0.4) is 0 Å². The van der Waals surface area contributed by atoms with Crippen LogP contribution in [0.25, 0.3) is 0 Å². The average molecular weight is 242 g/mol. The van der Waals surface area contributed by atoms with Crippen molar-refractivity contribution in [1.29, 1.82) is 0 Å². The van der Waals surface area contributed by atoms with E-state index in [2.05, 4.69) is 5.32 Å². The molecule has 0 radical (unpaired) electrons. The SMILES string of the molecule is O=C1CC[C@]2(C(F)(F)F)Nc3ccccc3N12. The summed E-state index contributed by atoms with van der Waals surface area (Å²) in [6.45, 7) is 0. The monoisotopic (exact) mass is 242 g/mol. The number of nitrogens with zero attached hydrogens (tertiary/aromatic N) is 1. The van der Waals surface area contributed by atoms with Crippen LogP contribution in [0.15, 0.2) is 24.3 Å². The Morgan fingerprint density at radius 2 is 2.00 bits per heavy atom. The van der Waals surface area contributed by atoms with Crippen LogP contribution in [0.5, 0.6) is 0 Å². The highest BCUT2D eigenvalue weighted by atomic mass is 19.4. The van der Waals surface area contributed by atoms with Crippen LogP contribution in [0, 0.1) is 0 Å². The molecule has 6 heteroatoms. The van der Waals surface area contributed by atoms with Crippen molar-refractivity contribution in [3.05, 3.63) is 24.3 Å². The number of hydrogen-bond acceptors (Lipinski definition) is 2. The first kappa shape index (κ1) is 10.4. The molecule has 1 amide bonds. The molecule has 3 nitrogen and oxygen atoms in total. The van der Waals surface area contributed by atoms with Crippen LogP contribution in [-0.2, 0) is 4.79 Å². The molecule has 2 heterocycles. The Bertz CT molecular complexity index is 500. The van der Waals surface area contributed by atoms with Gasteiger partial charge in [0.15, 0.2) is 0 Å². The third-order valence-electron chi connectivity index (χ3n) is 3.29. The number of anilines is 2. The second-order valence-electron chi connectivity index (χ2n) is 4.23. The zero-order valence-corrected chi connectivity index (χ0v) is 8.71. The topological polar surface area (TPSA) is 32.3 Å². The van der Waals surface area contributed by atoms with E-state index in [1.54, 1.807) is 18.2 Å². The first-order chi connectivity index (χ1) is 7.96. The minimum Gasteiger partial charge on any atom is -0.353 e. The fraction of sp³-hybridized carbons (Fsp3) is 0.364. The average Bonchev–Trinajstić information content (AvgIpc) is 2.75. The van der Waals surface area contributed by atoms with E-state index in [4.69, 9.17) is 0 Å². The van der Waals surface area contributed by atoms with Crippen LogP contribution in [0.2, 0.25) is 0 Å². The zero-order valence-electron chi connectivity index (χ0n) is 8.71. The summed E-state index contributed by atoms with van der Waals surface area (Å²) in [5.41, 5.74) is -1.57. The van der Waals surface area contributed by atoms with Gasteiger partial charge in [-0.15, -0.1) is 0 Å². The molecule has 0 saturated carbocycles. The smallest absolute Gasteiger partial charge is 0.353 e. The summed E-state index contributed by atoms with van der Waals surface area (Å²) in [7, 11) is 0. The number of carbonyl (C=O) groups is 1. The molecule has 1 saturated heterocycles. The van der Waals surface area contributed by atoms with Gasteiger partial charge in [0.2, 0.25) is 11.6 Å². The molecule has 0 aliphatic carbocycles. The van der Waals surface area contributed by atoms with Gasteiger partial charge in [-0.1, -0.05) is 12.1 Å². The van der Waals surface area contributed by atoms with Gasteiger partial charge in [0.25, 0.3) is 0 Å². The van der Waals surface area contributed by atoms with Crippen molar-refractivity contribution in [1.82, 2.24) is 0 Å². The van der Waals surface area contributed by atoms with Crippen molar-refractivity contribution in [3.8, 4) is 0 Å². The highest BCUT2D eigenvalue weighted by molar-refractivity contribution is 6.04. The van der Waals surface area contributed by atoms with Crippen molar-refractivity contribution >= 4 is 17.3 Å². The second kappa shape index (κ2) is 2.94. The van der Waals surface area contributed by atoms with Gasteiger partial charge in [0.05, 0.1) is 11.4 Å². The maximum absolute atomic E-state index is 13.2. The predicted octanol–water partition coefficient (Wildman–Crippen LogP) is 2.50. The lowest BCUT2D eigenvalue weighted by molar-refractivity contribution is -0.175. The lowest BCUT2D eigenvalue weighted by atomic mass is 10.1. The summed E-state index contributed by atoms with van der Waals surface area (Å²) in [5.74, 6) is -0.486. The molecule has 0 bridgehead atoms. The van der Waals surface area contributed by atoms with Crippen molar-refractivity contribution in [2.24, 2.45) is 0 Å². The van der Waals surface area contributed by atoms with E-state index >= 15 is 0 Å². The fourth-order valence-corrected chi connectivity index (χ4v) is 2.52. The Balaban J connectivity index is 2.18. The van der Waals surface area contributed by atoms with Gasteiger partial charge in [0.1, 0.15) is 0 Å². The molecule has 0 spiro atoms. The summed E-state index contributed by atoms with van der Waals surface area (Å²) < 4.78 is 39.6. The number of halogens is 3. The van der Waals surface area contributed by atoms with E-state index in [0.29, 0.717) is 11.4 Å². The van der Waals surface area contributed by atoms with Crippen molar-refractivity contribution in [2.75, 3.05) is 10.2 Å². The van der Waals surface area contributed by atoms with E-state index in [-0.39, 0.29) is 12.8 Å². The Labute approximate surface area is 95.2 Å². The fourth-order valence-electron chi connectivity index (χ4n) is 2.52. The lowest BCUT2D eigenvalue weighted by Gasteiger charge is -2.34. The number of para-hydroxylation sites is 2. The second-order valence-corrected chi connectivity index (χ2v) is 4.23. The zero-order chi connectivity index (χ0) is 12.3. The van der Waals surface area contributed by atoms with Gasteiger partial charge in [-0.3, -0.25) is 9.69 Å². The molecule has 1 aromatic rings. The van der Waals surface area contributed by atoms with Crippen LogP contribution in [0.1, 0.15) is 12.8 Å². The molecule has 1 fully saturated rings. The third-order valence-corrected chi connectivity index (χ3v) is 3.29. The first-order valence-electron chi connectivity index (χ1n) is 5.23. The van der Waals surface area contributed by atoms with Gasteiger partial charge in [0, 0.05) is 12.8 Å². The van der Waals surface area contributed by atoms with Crippen LogP contribution >= 0.6 is 0 Å². The van der Waals surface area contributed by atoms with Gasteiger partial charge < -0.3 is 5.32 Å². The Hall–Kier alpha value is -1.72. The van der Waals surface area contributed by atoms with Crippen LogP contribution in [0.4, 0.5) is 24.5 Å². The Kier molecular flexibility index (Phi) is 1.80. The quantitative estimate of drug-likeness (QED) is 0.758. The number of rotatable bonds is 0. The van der Waals surface area contributed by atoms with Gasteiger partial charge in [-0.05, 0) is 12.1 Å². The summed E-state index contributed by atoms with van der Waals surface area (Å²) in [6.07, 6.45) is -4.82. The maximum Gasteiger partial charge on any atom is 0.430 e. The molecule has 0 unspecified atom stereocenters. The minimum atomic E-state index is -4.49. The van der Waals surface area contributed by atoms with E-state index in [9.17, 15) is 18.0 Å². The van der Waals surface area contributed by atoms with Gasteiger partial charge in [-0.25, -0.2) is 0 Å². The van der Waals surface area contributed by atoms with Crippen LogP contribution < -0.4 is 10.2 Å². The number of alkyl halides is 3. The summed E-state index contributed by atoms with van der Waals surface area (Å²) in [4.78, 5) is 12.5. The van der Waals surface area contributed by atoms with E-state index in [1.165, 1.54) is 6.07 Å². The van der Waals surface area contributed by atoms with Gasteiger partial charge >= 0.3 is 6.18 Å². The summed E-state index contributed by atoms with van der Waals surface area (Å²) >= 11 is 0. The maximum atomic E-state index is 13.2. The number of fused-ring (bicyclic) bond motifs is 3. The third kappa shape index (κ3) is 1.15. The molecular formula is C11H9F3N2O. The molecule has 17 heavy (non-hydrogen) atoms. The first-order valence-corrected chi connectivity index (χ1v) is 5.23. The molecule has 2 aliphatic heterocycles. The molecule has 2 aliphatic rings. The minimum absolute atomic E-state index is 0.0825. The standard InChI is InChI=1S/C11H9F3N2O/c12-11(13,14)10-6-5-9(17)16(10)8-4-2-1-3-7(8)15-10/h1-4,15H,5-6H2/t10-/m0/s1.